The highest BCUT2D eigenvalue weighted by molar-refractivity contribution is 7.89. The quantitative estimate of drug-likeness (QED) is 0.235. The fraction of sp³-hybridized carbons (Fsp3) is 0.296. The molecule has 0 spiro atoms. The molecule has 2 heterocycles. The number of aryl methyl sites for hydroxylation is 1. The Hall–Kier alpha value is -2.93. The van der Waals surface area contributed by atoms with Gasteiger partial charge in [0.15, 0.2) is 5.13 Å². The second kappa shape index (κ2) is 12.9. The van der Waals surface area contributed by atoms with Gasteiger partial charge in [0, 0.05) is 39.1 Å². The first kappa shape index (κ1) is 29.1. The van der Waals surface area contributed by atoms with Crippen LogP contribution in [0, 0.1) is 6.92 Å². The summed E-state index contributed by atoms with van der Waals surface area (Å²) in [6, 6.07) is 15.1. The van der Waals surface area contributed by atoms with Gasteiger partial charge in [-0.2, -0.15) is 4.31 Å². The summed E-state index contributed by atoms with van der Waals surface area (Å²) >= 11 is 7.75. The number of amides is 1. The smallest absolute Gasteiger partial charge is 0.260 e. The number of pyridine rings is 1. The molecule has 0 atom stereocenters. The van der Waals surface area contributed by atoms with Crippen molar-refractivity contribution >= 4 is 54.2 Å². The van der Waals surface area contributed by atoms with Gasteiger partial charge in [-0.25, -0.2) is 13.4 Å². The normalized spacial score (nSPS) is 11.8. The van der Waals surface area contributed by atoms with Crippen LogP contribution in [0.3, 0.4) is 0 Å². The lowest BCUT2D eigenvalue weighted by Gasteiger charge is -2.22. The zero-order valence-electron chi connectivity index (χ0n) is 21.8. The van der Waals surface area contributed by atoms with Crippen LogP contribution in [0.25, 0.3) is 10.2 Å². The molecule has 2 aromatic carbocycles. The van der Waals surface area contributed by atoms with Gasteiger partial charge < -0.3 is 9.47 Å². The van der Waals surface area contributed by atoms with E-state index in [1.807, 2.05) is 31.2 Å². The molecule has 9 nitrogen and oxygen atoms in total. The molecule has 0 N–H and O–H groups in total. The Bertz CT molecular complexity index is 1480. The van der Waals surface area contributed by atoms with E-state index >= 15 is 0 Å². The summed E-state index contributed by atoms with van der Waals surface area (Å²) in [5, 5.41) is 1.03. The number of rotatable bonds is 12. The molecule has 206 valence electrons. The van der Waals surface area contributed by atoms with Crippen molar-refractivity contribution in [2.24, 2.45) is 0 Å². The standard InChI is InChI=1S/C27H29ClN4O5S2/c1-19-7-12-23(28)25-24(19)30-27(38-25)32(18-21-6-4-5-13-29-21)26(33)20-8-10-22(11-9-20)39(34,35)31(14-16-36-2)15-17-37-3/h4-13H,14-18H2,1-3H3. The molecular formula is C27H29ClN4O5S2. The van der Waals surface area contributed by atoms with E-state index in [2.05, 4.69) is 4.98 Å². The van der Waals surface area contributed by atoms with Gasteiger partial charge >= 0.3 is 0 Å². The number of anilines is 1. The van der Waals surface area contributed by atoms with Gasteiger partial charge in [0.05, 0.1) is 45.6 Å². The molecule has 0 aliphatic carbocycles. The SMILES string of the molecule is COCCN(CCOC)S(=O)(=O)c1ccc(C(=O)N(Cc2ccccn2)c2nc3c(C)ccc(Cl)c3s2)cc1. The van der Waals surface area contributed by atoms with Gasteiger partial charge in [0.25, 0.3) is 5.91 Å². The molecule has 4 rings (SSSR count). The summed E-state index contributed by atoms with van der Waals surface area (Å²) in [7, 11) is -0.797. The monoisotopic (exact) mass is 588 g/mol. The highest BCUT2D eigenvalue weighted by atomic mass is 35.5. The molecule has 1 amide bonds. The summed E-state index contributed by atoms with van der Waals surface area (Å²) in [4.78, 5) is 24.5. The number of sulfonamides is 1. The Balaban J connectivity index is 1.67. The van der Waals surface area contributed by atoms with Crippen LogP contribution in [0.5, 0.6) is 0 Å². The minimum absolute atomic E-state index is 0.0740. The number of fused-ring (bicyclic) bond motifs is 1. The summed E-state index contributed by atoms with van der Waals surface area (Å²) < 4.78 is 38.8. The number of ether oxygens (including phenoxy) is 2. The van der Waals surface area contributed by atoms with Crippen LogP contribution in [-0.4, -0.2) is 69.1 Å². The van der Waals surface area contributed by atoms with Crippen molar-refractivity contribution in [1.82, 2.24) is 14.3 Å². The van der Waals surface area contributed by atoms with Crippen molar-refractivity contribution in [2.75, 3.05) is 45.4 Å². The van der Waals surface area contributed by atoms with Crippen molar-refractivity contribution in [3.05, 3.63) is 82.6 Å². The van der Waals surface area contributed by atoms with E-state index < -0.39 is 10.0 Å². The van der Waals surface area contributed by atoms with Crippen LogP contribution in [0.4, 0.5) is 5.13 Å². The maximum Gasteiger partial charge on any atom is 0.260 e. The Morgan fingerprint density at radius 3 is 2.28 bits per heavy atom. The van der Waals surface area contributed by atoms with Crippen molar-refractivity contribution in [1.29, 1.82) is 0 Å². The topological polar surface area (TPSA) is 102 Å². The minimum Gasteiger partial charge on any atom is -0.383 e. The zero-order chi connectivity index (χ0) is 28.0. The molecule has 0 radical (unpaired) electrons. The van der Waals surface area contributed by atoms with Crippen LogP contribution in [-0.2, 0) is 26.0 Å². The number of halogens is 1. The van der Waals surface area contributed by atoms with Gasteiger partial charge in [-0.1, -0.05) is 35.1 Å². The first-order valence-electron chi connectivity index (χ1n) is 12.1. The van der Waals surface area contributed by atoms with Crippen LogP contribution >= 0.6 is 22.9 Å². The number of methoxy groups -OCH3 is 2. The average molecular weight is 589 g/mol. The Labute approximate surface area is 237 Å². The van der Waals surface area contributed by atoms with E-state index in [9.17, 15) is 13.2 Å². The van der Waals surface area contributed by atoms with Gasteiger partial charge in [-0.15, -0.1) is 0 Å². The summed E-state index contributed by atoms with van der Waals surface area (Å²) in [6.07, 6.45) is 1.66. The van der Waals surface area contributed by atoms with Gasteiger partial charge in [0.1, 0.15) is 0 Å². The average Bonchev–Trinajstić information content (AvgIpc) is 3.41. The fourth-order valence-electron chi connectivity index (χ4n) is 3.90. The van der Waals surface area contributed by atoms with Gasteiger partial charge in [-0.05, 0) is 55.0 Å². The summed E-state index contributed by atoms with van der Waals surface area (Å²) in [6.45, 7) is 2.97. The maximum absolute atomic E-state index is 13.8. The largest absolute Gasteiger partial charge is 0.383 e. The van der Waals surface area contributed by atoms with Crippen molar-refractivity contribution in [3.63, 3.8) is 0 Å². The third kappa shape index (κ3) is 6.63. The van der Waals surface area contributed by atoms with Crippen LogP contribution in [0.15, 0.2) is 65.7 Å². The number of thiazole rings is 1. The third-order valence-electron chi connectivity index (χ3n) is 6.04. The van der Waals surface area contributed by atoms with Crippen molar-refractivity contribution in [3.8, 4) is 0 Å². The lowest BCUT2D eigenvalue weighted by molar-refractivity contribution is 0.0984. The highest BCUT2D eigenvalue weighted by Gasteiger charge is 2.26. The predicted molar refractivity (Wildman–Crippen MR) is 153 cm³/mol. The number of carbonyl (C=O) groups is 1. The molecule has 0 unspecified atom stereocenters. The second-order valence-corrected chi connectivity index (χ2v) is 12.0. The van der Waals surface area contributed by atoms with E-state index in [4.69, 9.17) is 26.1 Å². The molecule has 39 heavy (non-hydrogen) atoms. The third-order valence-corrected chi connectivity index (χ3v) is 9.49. The molecule has 2 aromatic heterocycles. The van der Waals surface area contributed by atoms with Crippen LogP contribution in [0.2, 0.25) is 5.02 Å². The van der Waals surface area contributed by atoms with Crippen molar-refractivity contribution < 1.29 is 22.7 Å². The van der Waals surface area contributed by atoms with E-state index in [-0.39, 0.29) is 43.7 Å². The van der Waals surface area contributed by atoms with Gasteiger partial charge in [0.2, 0.25) is 10.0 Å². The van der Waals surface area contributed by atoms with Crippen LogP contribution in [0.1, 0.15) is 21.6 Å². The number of aromatic nitrogens is 2. The van der Waals surface area contributed by atoms with Gasteiger partial charge in [-0.3, -0.25) is 14.7 Å². The Morgan fingerprint density at radius 1 is 1.00 bits per heavy atom. The number of benzene rings is 2. The zero-order valence-corrected chi connectivity index (χ0v) is 24.2. The Morgan fingerprint density at radius 2 is 1.69 bits per heavy atom. The molecule has 0 saturated carbocycles. The predicted octanol–water partition coefficient (Wildman–Crippen LogP) is 4.78. The lowest BCUT2D eigenvalue weighted by Crippen LogP contribution is -2.36. The van der Waals surface area contributed by atoms with E-state index in [1.165, 1.54) is 59.0 Å². The highest BCUT2D eigenvalue weighted by Crippen LogP contribution is 2.36. The second-order valence-electron chi connectivity index (χ2n) is 8.66. The molecular weight excluding hydrogens is 560 g/mol. The molecule has 0 bridgehead atoms. The van der Waals surface area contributed by atoms with E-state index in [1.54, 1.807) is 12.3 Å². The van der Waals surface area contributed by atoms with E-state index in [0.717, 1.165) is 15.8 Å². The summed E-state index contributed by atoms with van der Waals surface area (Å²) in [5.74, 6) is -0.340. The minimum atomic E-state index is -3.82. The Kier molecular flexibility index (Phi) is 9.65. The van der Waals surface area contributed by atoms with Crippen molar-refractivity contribution in [2.45, 2.75) is 18.4 Å². The maximum atomic E-state index is 13.8. The fourth-order valence-corrected chi connectivity index (χ4v) is 6.62. The number of hydrogen-bond donors (Lipinski definition) is 0. The first-order chi connectivity index (χ1) is 18.8. The van der Waals surface area contributed by atoms with Crippen LogP contribution < -0.4 is 4.90 Å². The molecule has 0 aliphatic rings. The first-order valence-corrected chi connectivity index (χ1v) is 14.7. The molecule has 0 fully saturated rings. The molecule has 0 aliphatic heterocycles. The number of nitrogens with zero attached hydrogens (tertiary/aromatic N) is 4. The van der Waals surface area contributed by atoms with E-state index in [0.29, 0.717) is 21.4 Å². The molecule has 12 heteroatoms. The number of carbonyl (C=O) groups excluding carboxylic acids is 1. The summed E-state index contributed by atoms with van der Waals surface area (Å²) in [5.41, 5.74) is 2.67. The lowest BCUT2D eigenvalue weighted by atomic mass is 10.2. The molecule has 4 aromatic rings. The number of hydrogen-bond acceptors (Lipinski definition) is 8. The molecule has 0 saturated heterocycles.